The number of halogens is 1. The van der Waals surface area contributed by atoms with Crippen molar-refractivity contribution in [1.29, 1.82) is 0 Å². The van der Waals surface area contributed by atoms with Crippen LogP contribution >= 0.6 is 11.6 Å². The van der Waals surface area contributed by atoms with Gasteiger partial charge in [-0.25, -0.2) is 9.36 Å². The standard InChI is InChI=1S/C21H21ClN6O3/c1-14-19-18(21(30)27(24-14)13-17(29)23-9-12-31-2)20(26-10-3-4-11-26)28(25-19)16-7-5-15(22)6-8-16/h3-8,10-11H,9,12-13H2,1-2H3,(H,23,29). The molecule has 3 heterocycles. The quantitative estimate of drug-likeness (QED) is 0.444. The number of amides is 1. The van der Waals surface area contributed by atoms with E-state index in [4.69, 9.17) is 16.3 Å². The molecule has 0 spiro atoms. The minimum Gasteiger partial charge on any atom is -0.383 e. The number of nitrogens with zero attached hydrogens (tertiary/aromatic N) is 5. The van der Waals surface area contributed by atoms with E-state index < -0.39 is 5.56 Å². The van der Waals surface area contributed by atoms with Gasteiger partial charge in [0.25, 0.3) is 5.56 Å². The van der Waals surface area contributed by atoms with Crippen LogP contribution in [0.5, 0.6) is 0 Å². The molecular weight excluding hydrogens is 420 g/mol. The van der Waals surface area contributed by atoms with Gasteiger partial charge in [-0.05, 0) is 43.3 Å². The van der Waals surface area contributed by atoms with E-state index in [-0.39, 0.29) is 12.5 Å². The molecule has 0 unspecified atom stereocenters. The smallest absolute Gasteiger partial charge is 0.280 e. The number of aryl methyl sites for hydroxylation is 1. The molecular formula is C21H21ClN6O3. The first-order valence-corrected chi connectivity index (χ1v) is 10.0. The zero-order chi connectivity index (χ0) is 22.0. The molecule has 0 bridgehead atoms. The molecule has 10 heteroatoms. The van der Waals surface area contributed by atoms with E-state index in [1.807, 2.05) is 41.2 Å². The molecule has 3 aromatic heterocycles. The number of fused-ring (bicyclic) bond motifs is 1. The number of hydrogen-bond donors (Lipinski definition) is 1. The lowest BCUT2D eigenvalue weighted by Gasteiger charge is -2.10. The van der Waals surface area contributed by atoms with Crippen LogP contribution in [0.25, 0.3) is 22.4 Å². The summed E-state index contributed by atoms with van der Waals surface area (Å²) in [5, 5.41) is 12.7. The zero-order valence-corrected chi connectivity index (χ0v) is 17.8. The Morgan fingerprint density at radius 1 is 1.16 bits per heavy atom. The molecule has 31 heavy (non-hydrogen) atoms. The van der Waals surface area contributed by atoms with Crippen LogP contribution in [0.15, 0.2) is 53.6 Å². The highest BCUT2D eigenvalue weighted by Gasteiger charge is 2.22. The van der Waals surface area contributed by atoms with Gasteiger partial charge >= 0.3 is 0 Å². The Bertz CT molecular complexity index is 1280. The average Bonchev–Trinajstić information content (AvgIpc) is 3.40. The lowest BCUT2D eigenvalue weighted by Crippen LogP contribution is -2.35. The van der Waals surface area contributed by atoms with Crippen LogP contribution < -0.4 is 10.9 Å². The third-order valence-electron chi connectivity index (χ3n) is 4.76. The lowest BCUT2D eigenvalue weighted by molar-refractivity contribution is -0.122. The molecule has 0 aliphatic carbocycles. The Kier molecular flexibility index (Phi) is 5.88. The molecule has 1 N–H and O–H groups in total. The molecule has 0 saturated heterocycles. The van der Waals surface area contributed by atoms with Crippen LogP contribution in [0.4, 0.5) is 0 Å². The monoisotopic (exact) mass is 440 g/mol. The highest BCUT2D eigenvalue weighted by molar-refractivity contribution is 6.30. The highest BCUT2D eigenvalue weighted by atomic mass is 35.5. The first-order valence-electron chi connectivity index (χ1n) is 9.65. The summed E-state index contributed by atoms with van der Waals surface area (Å²) in [5.41, 5.74) is 1.36. The molecule has 0 aliphatic heterocycles. The van der Waals surface area contributed by atoms with Crippen molar-refractivity contribution in [2.45, 2.75) is 13.5 Å². The van der Waals surface area contributed by atoms with Gasteiger partial charge in [0.1, 0.15) is 17.4 Å². The molecule has 1 amide bonds. The third kappa shape index (κ3) is 4.10. The summed E-state index contributed by atoms with van der Waals surface area (Å²) >= 11 is 6.04. The number of rotatable bonds is 7. The maximum absolute atomic E-state index is 13.4. The van der Waals surface area contributed by atoms with E-state index in [2.05, 4.69) is 15.5 Å². The van der Waals surface area contributed by atoms with Crippen molar-refractivity contribution in [2.24, 2.45) is 0 Å². The van der Waals surface area contributed by atoms with Gasteiger partial charge in [-0.3, -0.25) is 9.59 Å². The number of benzene rings is 1. The molecule has 0 radical (unpaired) electrons. The van der Waals surface area contributed by atoms with Crippen LogP contribution in [-0.2, 0) is 16.1 Å². The van der Waals surface area contributed by atoms with Gasteiger partial charge in [-0.1, -0.05) is 11.6 Å². The van der Waals surface area contributed by atoms with E-state index in [0.29, 0.717) is 40.6 Å². The molecule has 0 atom stereocenters. The Morgan fingerprint density at radius 2 is 1.87 bits per heavy atom. The van der Waals surface area contributed by atoms with Crippen LogP contribution in [0.1, 0.15) is 5.69 Å². The van der Waals surface area contributed by atoms with Gasteiger partial charge < -0.3 is 14.6 Å². The predicted octanol–water partition coefficient (Wildman–Crippen LogP) is 2.10. The van der Waals surface area contributed by atoms with E-state index in [1.54, 1.807) is 30.8 Å². The minimum absolute atomic E-state index is 0.198. The van der Waals surface area contributed by atoms with Crippen molar-refractivity contribution < 1.29 is 9.53 Å². The Hall–Kier alpha value is -3.43. The molecule has 0 aliphatic rings. The molecule has 0 fully saturated rings. The maximum Gasteiger partial charge on any atom is 0.280 e. The van der Waals surface area contributed by atoms with E-state index >= 15 is 0 Å². The van der Waals surface area contributed by atoms with Gasteiger partial charge in [0.2, 0.25) is 5.91 Å². The van der Waals surface area contributed by atoms with Crippen LogP contribution in [0.3, 0.4) is 0 Å². The number of carbonyl (C=O) groups excluding carboxylic acids is 1. The summed E-state index contributed by atoms with van der Waals surface area (Å²) in [7, 11) is 1.55. The topological polar surface area (TPSA) is 96.0 Å². The fourth-order valence-corrected chi connectivity index (χ4v) is 3.46. The number of methoxy groups -OCH3 is 1. The largest absolute Gasteiger partial charge is 0.383 e. The lowest BCUT2D eigenvalue weighted by atomic mass is 10.2. The van der Waals surface area contributed by atoms with Crippen molar-refractivity contribution in [3.05, 3.63) is 69.9 Å². The van der Waals surface area contributed by atoms with E-state index in [9.17, 15) is 9.59 Å². The fraction of sp³-hybridized carbons (Fsp3) is 0.238. The second-order valence-corrected chi connectivity index (χ2v) is 7.35. The molecule has 4 aromatic rings. The number of carbonyl (C=O) groups is 1. The van der Waals surface area contributed by atoms with Crippen molar-refractivity contribution in [3.8, 4) is 11.5 Å². The molecule has 4 rings (SSSR count). The van der Waals surface area contributed by atoms with Crippen molar-refractivity contribution in [1.82, 2.24) is 29.4 Å². The second-order valence-electron chi connectivity index (χ2n) is 6.92. The van der Waals surface area contributed by atoms with Gasteiger partial charge in [-0.15, -0.1) is 0 Å². The second kappa shape index (κ2) is 8.75. The Balaban J connectivity index is 1.88. The summed E-state index contributed by atoms with van der Waals surface area (Å²) in [6.45, 7) is 2.31. The van der Waals surface area contributed by atoms with Crippen molar-refractivity contribution in [3.63, 3.8) is 0 Å². The number of hydrogen-bond acceptors (Lipinski definition) is 5. The highest BCUT2D eigenvalue weighted by Crippen LogP contribution is 2.25. The van der Waals surface area contributed by atoms with Gasteiger partial charge in [0.05, 0.1) is 18.0 Å². The van der Waals surface area contributed by atoms with Crippen LogP contribution in [0, 0.1) is 6.92 Å². The Labute approximate surface area is 182 Å². The SMILES string of the molecule is COCCNC(=O)Cn1nc(C)c2nn(-c3ccc(Cl)cc3)c(-n3cccc3)c2c1=O. The average molecular weight is 441 g/mol. The summed E-state index contributed by atoms with van der Waals surface area (Å²) in [6.07, 6.45) is 3.67. The normalized spacial score (nSPS) is 11.2. The Morgan fingerprint density at radius 3 is 2.55 bits per heavy atom. The summed E-state index contributed by atoms with van der Waals surface area (Å²) in [6, 6.07) is 10.9. The van der Waals surface area contributed by atoms with E-state index in [0.717, 1.165) is 5.69 Å². The molecule has 1 aromatic carbocycles. The van der Waals surface area contributed by atoms with Gasteiger partial charge in [-0.2, -0.15) is 10.2 Å². The summed E-state index contributed by atoms with van der Waals surface area (Å²) in [5.74, 6) is 0.240. The molecule has 160 valence electrons. The van der Waals surface area contributed by atoms with Crippen LogP contribution in [0.2, 0.25) is 5.02 Å². The third-order valence-corrected chi connectivity index (χ3v) is 5.02. The zero-order valence-electron chi connectivity index (χ0n) is 17.1. The summed E-state index contributed by atoms with van der Waals surface area (Å²) in [4.78, 5) is 25.6. The van der Waals surface area contributed by atoms with Gasteiger partial charge in [0, 0.05) is 31.1 Å². The molecule has 0 saturated carbocycles. The summed E-state index contributed by atoms with van der Waals surface area (Å²) < 4.78 is 9.59. The van der Waals surface area contributed by atoms with E-state index in [1.165, 1.54) is 4.68 Å². The number of ether oxygens (including phenoxy) is 1. The van der Waals surface area contributed by atoms with Crippen LogP contribution in [-0.4, -0.2) is 50.3 Å². The first kappa shape index (κ1) is 20.8. The first-order chi connectivity index (χ1) is 15.0. The maximum atomic E-state index is 13.4. The predicted molar refractivity (Wildman–Crippen MR) is 117 cm³/mol. The molecule has 9 nitrogen and oxygen atoms in total. The van der Waals surface area contributed by atoms with Crippen molar-refractivity contribution >= 4 is 28.4 Å². The minimum atomic E-state index is -0.397. The number of aromatic nitrogens is 5. The number of nitrogens with one attached hydrogen (secondary N) is 1. The van der Waals surface area contributed by atoms with Crippen molar-refractivity contribution in [2.75, 3.05) is 20.3 Å². The fourth-order valence-electron chi connectivity index (χ4n) is 3.33. The van der Waals surface area contributed by atoms with Gasteiger partial charge in [0.15, 0.2) is 5.82 Å².